The third-order valence-electron chi connectivity index (χ3n) is 2.83. The van der Waals surface area contributed by atoms with Gasteiger partial charge < -0.3 is 5.73 Å². The Morgan fingerprint density at radius 1 is 1.32 bits per heavy atom. The fraction of sp³-hybridized carbons (Fsp3) is 0.143. The van der Waals surface area contributed by atoms with Crippen LogP contribution in [-0.2, 0) is 16.6 Å². The number of halogens is 2. The molecule has 0 saturated heterocycles. The first kappa shape index (κ1) is 14.2. The average molecular weight is 342 g/mol. The first-order valence-corrected chi connectivity index (χ1v) is 7.77. The van der Waals surface area contributed by atoms with Crippen molar-refractivity contribution in [1.82, 2.24) is 0 Å². The summed E-state index contributed by atoms with van der Waals surface area (Å²) in [7, 11) is -1.35. The van der Waals surface area contributed by atoms with Crippen molar-refractivity contribution in [2.24, 2.45) is 0 Å². The Morgan fingerprint density at radius 3 is 2.74 bits per heavy atom. The summed E-state index contributed by atoms with van der Waals surface area (Å²) in [6.07, 6.45) is 0. The summed E-state index contributed by atoms with van der Waals surface area (Å²) < 4.78 is 26.6. The van der Waals surface area contributed by atoms with Crippen LogP contribution in [0.5, 0.6) is 0 Å². The molecule has 2 aromatic carbocycles. The molecule has 19 heavy (non-hydrogen) atoms. The summed E-state index contributed by atoms with van der Waals surface area (Å²) in [6, 6.07) is 10.1. The van der Waals surface area contributed by atoms with Crippen molar-refractivity contribution in [2.75, 3.05) is 5.73 Å². The van der Waals surface area contributed by atoms with E-state index < -0.39 is 10.8 Å². The monoisotopic (exact) mass is 341 g/mol. The summed E-state index contributed by atoms with van der Waals surface area (Å²) >= 11 is 3.19. The van der Waals surface area contributed by atoms with E-state index in [0.717, 1.165) is 5.56 Å². The van der Waals surface area contributed by atoms with Gasteiger partial charge in [0.15, 0.2) is 0 Å². The van der Waals surface area contributed by atoms with Crippen LogP contribution in [0.1, 0.15) is 11.1 Å². The molecule has 0 radical (unpaired) electrons. The molecule has 2 rings (SSSR count). The van der Waals surface area contributed by atoms with Crippen molar-refractivity contribution in [3.05, 3.63) is 57.8 Å². The minimum absolute atomic E-state index is 0.118. The molecule has 0 bridgehead atoms. The van der Waals surface area contributed by atoms with Crippen LogP contribution in [0.2, 0.25) is 0 Å². The second-order valence-corrected chi connectivity index (χ2v) is 6.55. The van der Waals surface area contributed by atoms with Crippen molar-refractivity contribution in [3.8, 4) is 0 Å². The molecular weight excluding hydrogens is 329 g/mol. The number of rotatable bonds is 3. The number of aryl methyl sites for hydroxylation is 1. The van der Waals surface area contributed by atoms with Gasteiger partial charge in [-0.15, -0.1) is 0 Å². The molecule has 0 spiro atoms. The number of hydrogen-bond donors (Lipinski definition) is 1. The SMILES string of the molecule is Cc1cccc(S(=O)Cc2ccc(Br)cc2F)c1N. The summed E-state index contributed by atoms with van der Waals surface area (Å²) in [4.78, 5) is 0.558. The summed E-state index contributed by atoms with van der Waals surface area (Å²) in [5.74, 6) is -0.249. The topological polar surface area (TPSA) is 43.1 Å². The van der Waals surface area contributed by atoms with E-state index in [1.165, 1.54) is 6.07 Å². The van der Waals surface area contributed by atoms with Crippen LogP contribution in [-0.4, -0.2) is 4.21 Å². The molecule has 1 atom stereocenters. The van der Waals surface area contributed by atoms with Gasteiger partial charge in [0.05, 0.1) is 27.1 Å². The molecule has 0 aliphatic heterocycles. The van der Waals surface area contributed by atoms with E-state index in [2.05, 4.69) is 15.9 Å². The zero-order chi connectivity index (χ0) is 14.0. The van der Waals surface area contributed by atoms with Crippen LogP contribution in [0.4, 0.5) is 10.1 Å². The van der Waals surface area contributed by atoms with Crippen molar-refractivity contribution in [2.45, 2.75) is 17.6 Å². The third kappa shape index (κ3) is 3.22. The van der Waals surface area contributed by atoms with E-state index in [9.17, 15) is 8.60 Å². The van der Waals surface area contributed by atoms with E-state index >= 15 is 0 Å². The van der Waals surface area contributed by atoms with Gasteiger partial charge in [-0.1, -0.05) is 34.1 Å². The molecule has 0 heterocycles. The highest BCUT2D eigenvalue weighted by molar-refractivity contribution is 9.10. The van der Waals surface area contributed by atoms with Gasteiger partial charge in [0, 0.05) is 10.0 Å². The molecule has 2 nitrogen and oxygen atoms in total. The maximum absolute atomic E-state index is 13.7. The summed E-state index contributed by atoms with van der Waals surface area (Å²) in [5, 5.41) is 0. The Labute approximate surface area is 122 Å². The Morgan fingerprint density at radius 2 is 2.05 bits per heavy atom. The maximum Gasteiger partial charge on any atom is 0.128 e. The molecule has 100 valence electrons. The van der Waals surface area contributed by atoms with Gasteiger partial charge in [-0.3, -0.25) is 4.21 Å². The molecule has 0 aromatic heterocycles. The Kier molecular flexibility index (Phi) is 4.37. The lowest BCUT2D eigenvalue weighted by atomic mass is 10.2. The quantitative estimate of drug-likeness (QED) is 0.863. The second-order valence-electron chi connectivity index (χ2n) is 4.21. The molecule has 0 aliphatic carbocycles. The van der Waals surface area contributed by atoms with Crippen molar-refractivity contribution < 1.29 is 8.60 Å². The highest BCUT2D eigenvalue weighted by atomic mass is 79.9. The molecule has 1 unspecified atom stereocenters. The number of nitrogen functional groups attached to an aromatic ring is 1. The molecule has 2 aromatic rings. The molecular formula is C14H13BrFNOS. The van der Waals surface area contributed by atoms with E-state index in [4.69, 9.17) is 5.73 Å². The predicted octanol–water partition coefficient (Wildman–Crippen LogP) is 3.79. The van der Waals surface area contributed by atoms with Crippen LogP contribution in [0.15, 0.2) is 45.8 Å². The smallest absolute Gasteiger partial charge is 0.128 e. The van der Waals surface area contributed by atoms with Crippen LogP contribution in [0.25, 0.3) is 0 Å². The number of anilines is 1. The first-order valence-electron chi connectivity index (χ1n) is 5.66. The largest absolute Gasteiger partial charge is 0.398 e. The number of benzene rings is 2. The molecule has 0 saturated carbocycles. The molecule has 0 aliphatic rings. The minimum Gasteiger partial charge on any atom is -0.398 e. The van der Waals surface area contributed by atoms with Gasteiger partial charge >= 0.3 is 0 Å². The van der Waals surface area contributed by atoms with Gasteiger partial charge in [0.1, 0.15) is 5.82 Å². The van der Waals surface area contributed by atoms with Crippen LogP contribution in [0.3, 0.4) is 0 Å². The maximum atomic E-state index is 13.7. The lowest BCUT2D eigenvalue weighted by Crippen LogP contribution is -2.03. The molecule has 0 amide bonds. The van der Waals surface area contributed by atoms with Gasteiger partial charge in [-0.2, -0.15) is 0 Å². The van der Waals surface area contributed by atoms with Crippen molar-refractivity contribution >= 4 is 32.4 Å². The molecule has 5 heteroatoms. The van der Waals surface area contributed by atoms with Gasteiger partial charge in [0.2, 0.25) is 0 Å². The molecule has 0 fully saturated rings. The van der Waals surface area contributed by atoms with Crippen LogP contribution < -0.4 is 5.73 Å². The fourth-order valence-electron chi connectivity index (χ4n) is 1.71. The van der Waals surface area contributed by atoms with Gasteiger partial charge in [0.25, 0.3) is 0 Å². The van der Waals surface area contributed by atoms with Crippen LogP contribution >= 0.6 is 15.9 Å². The highest BCUT2D eigenvalue weighted by Gasteiger charge is 2.12. The zero-order valence-corrected chi connectivity index (χ0v) is 12.7. The zero-order valence-electron chi connectivity index (χ0n) is 10.3. The second kappa shape index (κ2) is 5.84. The highest BCUT2D eigenvalue weighted by Crippen LogP contribution is 2.24. The number of para-hydroxylation sites is 1. The Balaban J connectivity index is 2.28. The predicted molar refractivity (Wildman–Crippen MR) is 79.8 cm³/mol. The number of nitrogens with two attached hydrogens (primary N) is 1. The van der Waals surface area contributed by atoms with E-state index in [-0.39, 0.29) is 11.6 Å². The Hall–Kier alpha value is -1.20. The molecule has 2 N–H and O–H groups in total. The fourth-order valence-corrected chi connectivity index (χ4v) is 3.35. The standard InChI is InChI=1S/C14H13BrFNOS/c1-9-3-2-4-13(14(9)17)19(18)8-10-5-6-11(15)7-12(10)16/h2-7H,8,17H2,1H3. The summed E-state index contributed by atoms with van der Waals surface area (Å²) in [5.41, 5.74) is 7.71. The average Bonchev–Trinajstić information content (AvgIpc) is 2.36. The van der Waals surface area contributed by atoms with Gasteiger partial charge in [-0.25, -0.2) is 4.39 Å². The van der Waals surface area contributed by atoms with E-state index in [1.54, 1.807) is 24.3 Å². The number of hydrogen-bond acceptors (Lipinski definition) is 2. The third-order valence-corrected chi connectivity index (χ3v) is 4.74. The summed E-state index contributed by atoms with van der Waals surface area (Å²) in [6.45, 7) is 1.86. The van der Waals surface area contributed by atoms with Gasteiger partial charge in [-0.05, 0) is 30.7 Å². The van der Waals surface area contributed by atoms with Crippen molar-refractivity contribution in [3.63, 3.8) is 0 Å². The Bertz CT molecular complexity index is 645. The first-order chi connectivity index (χ1) is 8.99. The van der Waals surface area contributed by atoms with E-state index in [0.29, 0.717) is 20.6 Å². The van der Waals surface area contributed by atoms with Crippen molar-refractivity contribution in [1.29, 1.82) is 0 Å². The minimum atomic E-state index is -1.35. The van der Waals surface area contributed by atoms with Crippen LogP contribution in [0, 0.1) is 12.7 Å². The lowest BCUT2D eigenvalue weighted by Gasteiger charge is -2.09. The van der Waals surface area contributed by atoms with E-state index in [1.807, 2.05) is 13.0 Å². The lowest BCUT2D eigenvalue weighted by molar-refractivity contribution is 0.614. The normalized spacial score (nSPS) is 12.4.